The molecule has 1 amide bonds. The number of rotatable bonds is 3. The summed E-state index contributed by atoms with van der Waals surface area (Å²) < 4.78 is 0.893. The average molecular weight is 319 g/mol. The van der Waals surface area contributed by atoms with E-state index in [0.717, 1.165) is 10.1 Å². The summed E-state index contributed by atoms with van der Waals surface area (Å²) in [4.78, 5) is 12.7. The highest BCUT2D eigenvalue weighted by molar-refractivity contribution is 7.21. The van der Waals surface area contributed by atoms with Crippen LogP contribution in [0.2, 0.25) is 5.02 Å². The van der Waals surface area contributed by atoms with Crippen molar-refractivity contribution in [1.82, 2.24) is 15.5 Å². The zero-order valence-corrected chi connectivity index (χ0v) is 12.4. The van der Waals surface area contributed by atoms with E-state index in [2.05, 4.69) is 15.5 Å². The molecule has 3 rings (SSSR count). The minimum Gasteiger partial charge on any atom is -0.397 e. The van der Waals surface area contributed by atoms with E-state index < -0.39 is 0 Å². The Labute approximate surface area is 129 Å². The van der Waals surface area contributed by atoms with Crippen LogP contribution in [-0.4, -0.2) is 16.1 Å². The standard InChI is InChI=1S/C14H11ClN4OS/c15-8-3-4-10-11(6-8)21-13(12(10)16)14(20)17-7-9-2-1-5-18-19-9/h1-6H,7,16H2,(H,17,20). The van der Waals surface area contributed by atoms with Crippen LogP contribution in [0.5, 0.6) is 0 Å². The van der Waals surface area contributed by atoms with Crippen LogP contribution in [0.15, 0.2) is 36.5 Å². The monoisotopic (exact) mass is 318 g/mol. The summed E-state index contributed by atoms with van der Waals surface area (Å²) in [5.74, 6) is -0.226. The molecule has 0 fully saturated rings. The summed E-state index contributed by atoms with van der Waals surface area (Å²) in [7, 11) is 0. The van der Waals surface area contributed by atoms with Crippen LogP contribution in [0, 0.1) is 0 Å². The Balaban J connectivity index is 1.83. The lowest BCUT2D eigenvalue weighted by Crippen LogP contribution is -2.23. The third-order valence-electron chi connectivity index (χ3n) is 2.95. The number of thiophene rings is 1. The van der Waals surface area contributed by atoms with Crippen molar-refractivity contribution in [2.45, 2.75) is 6.54 Å². The lowest BCUT2D eigenvalue weighted by molar-refractivity contribution is 0.0955. The predicted octanol–water partition coefficient (Wildman–Crippen LogP) is 2.86. The van der Waals surface area contributed by atoms with Gasteiger partial charge in [0.15, 0.2) is 0 Å². The lowest BCUT2D eigenvalue weighted by atomic mass is 10.2. The minimum absolute atomic E-state index is 0.226. The molecule has 1 aromatic carbocycles. The van der Waals surface area contributed by atoms with Crippen LogP contribution in [0.3, 0.4) is 0 Å². The normalized spacial score (nSPS) is 10.7. The summed E-state index contributed by atoms with van der Waals surface area (Å²) in [6.07, 6.45) is 1.58. The Morgan fingerprint density at radius 2 is 2.24 bits per heavy atom. The number of halogens is 1. The van der Waals surface area contributed by atoms with E-state index in [4.69, 9.17) is 17.3 Å². The maximum absolute atomic E-state index is 12.2. The number of nitrogens with two attached hydrogens (primary N) is 1. The van der Waals surface area contributed by atoms with Crippen LogP contribution in [0.4, 0.5) is 5.69 Å². The second-order valence-electron chi connectivity index (χ2n) is 4.38. The van der Waals surface area contributed by atoms with Gasteiger partial charge in [-0.2, -0.15) is 10.2 Å². The van der Waals surface area contributed by atoms with E-state index in [9.17, 15) is 4.79 Å². The van der Waals surface area contributed by atoms with Gasteiger partial charge in [-0.05, 0) is 30.3 Å². The Morgan fingerprint density at radius 3 is 3.00 bits per heavy atom. The molecule has 0 saturated carbocycles. The predicted molar refractivity (Wildman–Crippen MR) is 84.4 cm³/mol. The van der Waals surface area contributed by atoms with Crippen molar-refractivity contribution in [3.05, 3.63) is 52.1 Å². The molecule has 106 valence electrons. The number of hydrogen-bond acceptors (Lipinski definition) is 5. The highest BCUT2D eigenvalue weighted by atomic mass is 35.5. The van der Waals surface area contributed by atoms with E-state index in [1.165, 1.54) is 11.3 Å². The van der Waals surface area contributed by atoms with E-state index in [1.54, 1.807) is 30.5 Å². The van der Waals surface area contributed by atoms with E-state index in [-0.39, 0.29) is 5.91 Å². The number of carbonyl (C=O) groups excluding carboxylic acids is 1. The molecule has 2 heterocycles. The molecule has 0 aliphatic heterocycles. The van der Waals surface area contributed by atoms with Gasteiger partial charge in [0.1, 0.15) is 4.88 Å². The van der Waals surface area contributed by atoms with Crippen molar-refractivity contribution < 1.29 is 4.79 Å². The molecule has 0 unspecified atom stereocenters. The van der Waals surface area contributed by atoms with Gasteiger partial charge in [-0.15, -0.1) is 11.3 Å². The van der Waals surface area contributed by atoms with Gasteiger partial charge in [-0.1, -0.05) is 11.6 Å². The van der Waals surface area contributed by atoms with Crippen molar-refractivity contribution >= 4 is 44.6 Å². The number of fused-ring (bicyclic) bond motifs is 1. The Kier molecular flexibility index (Phi) is 3.72. The molecular formula is C14H11ClN4OS. The quantitative estimate of drug-likeness (QED) is 0.778. The van der Waals surface area contributed by atoms with E-state index in [1.807, 2.05) is 6.07 Å². The van der Waals surface area contributed by atoms with Gasteiger partial charge in [0.05, 0.1) is 17.9 Å². The number of hydrogen-bond donors (Lipinski definition) is 2. The van der Waals surface area contributed by atoms with Crippen molar-refractivity contribution in [2.24, 2.45) is 0 Å². The molecule has 0 radical (unpaired) electrons. The fourth-order valence-electron chi connectivity index (χ4n) is 1.94. The maximum atomic E-state index is 12.2. The molecule has 0 aliphatic carbocycles. The number of nitrogens with zero attached hydrogens (tertiary/aromatic N) is 2. The molecule has 5 nitrogen and oxygen atoms in total. The third kappa shape index (κ3) is 2.81. The molecule has 7 heteroatoms. The third-order valence-corrected chi connectivity index (χ3v) is 4.36. The molecule has 3 aromatic rings. The zero-order chi connectivity index (χ0) is 14.8. The largest absolute Gasteiger partial charge is 0.397 e. The van der Waals surface area contributed by atoms with Gasteiger partial charge in [0.25, 0.3) is 5.91 Å². The van der Waals surface area contributed by atoms with Crippen LogP contribution in [-0.2, 0) is 6.54 Å². The second kappa shape index (κ2) is 5.67. The fourth-order valence-corrected chi connectivity index (χ4v) is 3.25. The van der Waals surface area contributed by atoms with Crippen LogP contribution in [0.1, 0.15) is 15.4 Å². The van der Waals surface area contributed by atoms with E-state index >= 15 is 0 Å². The molecule has 0 atom stereocenters. The van der Waals surface area contributed by atoms with E-state index in [0.29, 0.717) is 27.8 Å². The van der Waals surface area contributed by atoms with Gasteiger partial charge in [-0.3, -0.25) is 4.79 Å². The summed E-state index contributed by atoms with van der Waals surface area (Å²) in [5.41, 5.74) is 7.20. The molecule has 0 saturated heterocycles. The highest BCUT2D eigenvalue weighted by Crippen LogP contribution is 2.35. The highest BCUT2D eigenvalue weighted by Gasteiger charge is 2.16. The van der Waals surface area contributed by atoms with Crippen LogP contribution < -0.4 is 11.1 Å². The smallest absolute Gasteiger partial charge is 0.263 e. The van der Waals surface area contributed by atoms with Crippen LogP contribution >= 0.6 is 22.9 Å². The van der Waals surface area contributed by atoms with Gasteiger partial charge < -0.3 is 11.1 Å². The van der Waals surface area contributed by atoms with Gasteiger partial charge >= 0.3 is 0 Å². The molecule has 0 spiro atoms. The summed E-state index contributed by atoms with van der Waals surface area (Å²) in [5, 5.41) is 11.9. The van der Waals surface area contributed by atoms with Gasteiger partial charge in [0, 0.05) is 21.3 Å². The first-order chi connectivity index (χ1) is 10.1. The summed E-state index contributed by atoms with van der Waals surface area (Å²) in [6.45, 7) is 0.307. The van der Waals surface area contributed by atoms with Crippen molar-refractivity contribution in [1.29, 1.82) is 0 Å². The van der Waals surface area contributed by atoms with Crippen molar-refractivity contribution in [3.8, 4) is 0 Å². The summed E-state index contributed by atoms with van der Waals surface area (Å²) in [6, 6.07) is 8.94. The summed E-state index contributed by atoms with van der Waals surface area (Å²) >= 11 is 7.27. The van der Waals surface area contributed by atoms with Crippen LogP contribution in [0.25, 0.3) is 10.1 Å². The number of benzene rings is 1. The number of aromatic nitrogens is 2. The molecular weight excluding hydrogens is 308 g/mol. The Morgan fingerprint density at radius 1 is 1.38 bits per heavy atom. The number of nitrogen functional groups attached to an aromatic ring is 1. The van der Waals surface area contributed by atoms with Gasteiger partial charge in [0.2, 0.25) is 0 Å². The number of nitrogens with one attached hydrogen (secondary N) is 1. The molecule has 21 heavy (non-hydrogen) atoms. The van der Waals surface area contributed by atoms with Gasteiger partial charge in [-0.25, -0.2) is 0 Å². The SMILES string of the molecule is Nc1c(C(=O)NCc2cccnn2)sc2cc(Cl)ccc12. The first-order valence-electron chi connectivity index (χ1n) is 6.17. The minimum atomic E-state index is -0.226. The van der Waals surface area contributed by atoms with Crippen molar-refractivity contribution in [3.63, 3.8) is 0 Å². The first-order valence-corrected chi connectivity index (χ1v) is 7.37. The Hall–Kier alpha value is -2.18. The average Bonchev–Trinajstić information content (AvgIpc) is 2.82. The maximum Gasteiger partial charge on any atom is 0.263 e. The zero-order valence-electron chi connectivity index (χ0n) is 10.8. The Bertz CT molecular complexity index is 803. The molecule has 2 aromatic heterocycles. The second-order valence-corrected chi connectivity index (χ2v) is 5.87. The number of anilines is 1. The van der Waals surface area contributed by atoms with Crippen molar-refractivity contribution in [2.75, 3.05) is 5.73 Å². The number of amides is 1. The topological polar surface area (TPSA) is 80.9 Å². The molecule has 3 N–H and O–H groups in total. The first kappa shape index (κ1) is 13.8. The molecule has 0 bridgehead atoms. The fraction of sp³-hybridized carbons (Fsp3) is 0.0714. The lowest BCUT2D eigenvalue weighted by Gasteiger charge is -2.03. The number of carbonyl (C=O) groups is 1. The molecule has 0 aliphatic rings.